The van der Waals surface area contributed by atoms with Gasteiger partial charge in [0.15, 0.2) is 0 Å². The smallest absolute Gasteiger partial charge is 0.251 e. The van der Waals surface area contributed by atoms with Crippen molar-refractivity contribution in [2.75, 3.05) is 13.7 Å². The average molecular weight is 263 g/mol. The second-order valence-electron chi connectivity index (χ2n) is 5.06. The number of carbonyl (C=O) groups is 1. The van der Waals surface area contributed by atoms with Crippen LogP contribution in [0.4, 0.5) is 0 Å². The lowest BCUT2D eigenvalue weighted by Crippen LogP contribution is -2.32. The molecule has 1 aliphatic carbocycles. The van der Waals surface area contributed by atoms with Crippen molar-refractivity contribution in [2.24, 2.45) is 5.92 Å². The molecule has 2 rings (SSSR count). The summed E-state index contributed by atoms with van der Waals surface area (Å²) in [6, 6.07) is 7.43. The van der Waals surface area contributed by atoms with E-state index in [-0.39, 0.29) is 17.9 Å². The number of carbonyl (C=O) groups excluding carboxylic acids is 1. The fraction of sp³-hybridized carbons (Fsp3) is 0.533. The van der Waals surface area contributed by atoms with Crippen LogP contribution >= 0.6 is 0 Å². The number of ether oxygens (including phenoxy) is 1. The summed E-state index contributed by atoms with van der Waals surface area (Å²) in [5, 5.41) is 12.7. The highest BCUT2D eigenvalue weighted by Crippen LogP contribution is 2.24. The fourth-order valence-electron chi connectivity index (χ4n) is 2.60. The van der Waals surface area contributed by atoms with E-state index in [0.717, 1.165) is 24.8 Å². The summed E-state index contributed by atoms with van der Waals surface area (Å²) in [6.07, 6.45) is 2.61. The van der Waals surface area contributed by atoms with Gasteiger partial charge in [0.1, 0.15) is 0 Å². The third-order valence-electron chi connectivity index (χ3n) is 3.71. The fourth-order valence-corrected chi connectivity index (χ4v) is 2.60. The zero-order valence-electron chi connectivity index (χ0n) is 11.3. The standard InChI is InChI=1S/C15H21NO3/c1-19-10-12-5-2-3-7-13(12)15(18)16-9-11-6-4-8-14(11)17/h2-3,5,7,11,14,17H,4,6,8-10H2,1H3,(H,16,18). The molecule has 0 saturated heterocycles. The van der Waals surface area contributed by atoms with E-state index >= 15 is 0 Å². The largest absolute Gasteiger partial charge is 0.393 e. The van der Waals surface area contributed by atoms with Crippen LogP contribution in [0, 0.1) is 5.92 Å². The molecule has 4 nitrogen and oxygen atoms in total. The normalized spacial score (nSPS) is 22.4. The first-order chi connectivity index (χ1) is 9.22. The van der Waals surface area contributed by atoms with Gasteiger partial charge in [0.2, 0.25) is 0 Å². The number of hydrogen-bond donors (Lipinski definition) is 2. The molecule has 2 unspecified atom stereocenters. The zero-order valence-corrected chi connectivity index (χ0v) is 11.3. The third-order valence-corrected chi connectivity index (χ3v) is 3.71. The first-order valence-corrected chi connectivity index (χ1v) is 6.75. The molecule has 1 amide bonds. The van der Waals surface area contributed by atoms with Crippen molar-refractivity contribution in [3.05, 3.63) is 35.4 Å². The minimum absolute atomic E-state index is 0.0910. The monoisotopic (exact) mass is 263 g/mol. The molecule has 0 heterocycles. The van der Waals surface area contributed by atoms with Crippen molar-refractivity contribution in [2.45, 2.75) is 32.0 Å². The van der Waals surface area contributed by atoms with Gasteiger partial charge in [-0.05, 0) is 24.5 Å². The molecule has 0 aliphatic heterocycles. The van der Waals surface area contributed by atoms with Crippen LogP contribution in [-0.2, 0) is 11.3 Å². The van der Waals surface area contributed by atoms with Gasteiger partial charge in [0, 0.05) is 25.1 Å². The average Bonchev–Trinajstić information content (AvgIpc) is 2.82. The van der Waals surface area contributed by atoms with Crippen molar-refractivity contribution in [1.29, 1.82) is 0 Å². The first-order valence-electron chi connectivity index (χ1n) is 6.75. The Morgan fingerprint density at radius 2 is 2.21 bits per heavy atom. The van der Waals surface area contributed by atoms with E-state index in [4.69, 9.17) is 4.74 Å². The van der Waals surface area contributed by atoms with Crippen molar-refractivity contribution >= 4 is 5.91 Å². The molecular weight excluding hydrogens is 242 g/mol. The van der Waals surface area contributed by atoms with E-state index in [1.54, 1.807) is 13.2 Å². The van der Waals surface area contributed by atoms with Crippen molar-refractivity contribution in [1.82, 2.24) is 5.32 Å². The van der Waals surface area contributed by atoms with Crippen molar-refractivity contribution in [3.63, 3.8) is 0 Å². The van der Waals surface area contributed by atoms with E-state index in [9.17, 15) is 9.90 Å². The number of aliphatic hydroxyl groups is 1. The molecule has 1 aliphatic rings. The molecule has 0 aromatic heterocycles. The van der Waals surface area contributed by atoms with Crippen LogP contribution < -0.4 is 5.32 Å². The van der Waals surface area contributed by atoms with Crippen LogP contribution in [0.15, 0.2) is 24.3 Å². The Labute approximate surface area is 113 Å². The number of hydrogen-bond acceptors (Lipinski definition) is 3. The topological polar surface area (TPSA) is 58.6 Å². The van der Waals surface area contributed by atoms with Gasteiger partial charge >= 0.3 is 0 Å². The Morgan fingerprint density at radius 1 is 1.42 bits per heavy atom. The molecule has 2 atom stereocenters. The van der Waals surface area contributed by atoms with Gasteiger partial charge in [-0.15, -0.1) is 0 Å². The maximum atomic E-state index is 12.2. The van der Waals surface area contributed by atoms with Gasteiger partial charge in [-0.1, -0.05) is 24.6 Å². The van der Waals surface area contributed by atoms with Gasteiger partial charge in [-0.2, -0.15) is 0 Å². The first kappa shape index (κ1) is 14.0. The highest BCUT2D eigenvalue weighted by Gasteiger charge is 2.25. The van der Waals surface area contributed by atoms with Gasteiger partial charge in [0.25, 0.3) is 5.91 Å². The van der Waals surface area contributed by atoms with Crippen LogP contribution in [0.2, 0.25) is 0 Å². The summed E-state index contributed by atoms with van der Waals surface area (Å²) < 4.78 is 5.09. The quantitative estimate of drug-likeness (QED) is 0.850. The second kappa shape index (κ2) is 6.68. The highest BCUT2D eigenvalue weighted by atomic mass is 16.5. The summed E-state index contributed by atoms with van der Waals surface area (Å²) in [4.78, 5) is 12.2. The lowest BCUT2D eigenvalue weighted by Gasteiger charge is -2.16. The van der Waals surface area contributed by atoms with E-state index < -0.39 is 0 Å². The van der Waals surface area contributed by atoms with Crippen LogP contribution in [0.25, 0.3) is 0 Å². The minimum atomic E-state index is -0.269. The van der Waals surface area contributed by atoms with Crippen LogP contribution in [0.5, 0.6) is 0 Å². The van der Waals surface area contributed by atoms with Gasteiger partial charge < -0.3 is 15.2 Å². The lowest BCUT2D eigenvalue weighted by atomic mass is 10.0. The molecule has 4 heteroatoms. The van der Waals surface area contributed by atoms with Gasteiger partial charge in [0.05, 0.1) is 12.7 Å². The summed E-state index contributed by atoms with van der Waals surface area (Å²) in [6.45, 7) is 0.969. The molecule has 1 saturated carbocycles. The van der Waals surface area contributed by atoms with Gasteiger partial charge in [-0.25, -0.2) is 0 Å². The molecular formula is C15H21NO3. The molecule has 0 spiro atoms. The number of methoxy groups -OCH3 is 1. The predicted octanol–water partition coefficient (Wildman–Crippen LogP) is 1.72. The summed E-state index contributed by atoms with van der Waals surface area (Å²) in [5.41, 5.74) is 1.53. The third kappa shape index (κ3) is 3.55. The number of aliphatic hydroxyl groups excluding tert-OH is 1. The maximum Gasteiger partial charge on any atom is 0.251 e. The van der Waals surface area contributed by atoms with Gasteiger partial charge in [-0.3, -0.25) is 4.79 Å². The molecule has 1 aromatic rings. The Morgan fingerprint density at radius 3 is 2.89 bits per heavy atom. The molecule has 1 fully saturated rings. The maximum absolute atomic E-state index is 12.2. The summed E-state index contributed by atoms with van der Waals surface area (Å²) in [7, 11) is 1.61. The predicted molar refractivity (Wildman–Crippen MR) is 72.8 cm³/mol. The van der Waals surface area contributed by atoms with Crippen molar-refractivity contribution < 1.29 is 14.6 Å². The van der Waals surface area contributed by atoms with E-state index in [0.29, 0.717) is 18.7 Å². The van der Waals surface area contributed by atoms with Crippen molar-refractivity contribution in [3.8, 4) is 0 Å². The Kier molecular flexibility index (Phi) is 4.93. The van der Waals surface area contributed by atoms with Crippen LogP contribution in [0.3, 0.4) is 0 Å². The number of nitrogens with one attached hydrogen (secondary N) is 1. The highest BCUT2D eigenvalue weighted by molar-refractivity contribution is 5.95. The Balaban J connectivity index is 1.95. The Bertz CT molecular complexity index is 433. The lowest BCUT2D eigenvalue weighted by molar-refractivity contribution is 0.0912. The second-order valence-corrected chi connectivity index (χ2v) is 5.06. The Hall–Kier alpha value is -1.39. The van der Waals surface area contributed by atoms with Crippen LogP contribution in [0.1, 0.15) is 35.2 Å². The van der Waals surface area contributed by atoms with Crippen LogP contribution in [-0.4, -0.2) is 30.8 Å². The minimum Gasteiger partial charge on any atom is -0.393 e. The number of rotatable bonds is 5. The van der Waals surface area contributed by atoms with E-state index in [1.165, 1.54) is 0 Å². The molecule has 2 N–H and O–H groups in total. The summed E-state index contributed by atoms with van der Waals surface area (Å²) in [5.74, 6) is 0.102. The number of benzene rings is 1. The number of amides is 1. The summed E-state index contributed by atoms with van der Waals surface area (Å²) >= 11 is 0. The molecule has 19 heavy (non-hydrogen) atoms. The SMILES string of the molecule is COCc1ccccc1C(=O)NCC1CCCC1O. The molecule has 104 valence electrons. The molecule has 0 radical (unpaired) electrons. The zero-order chi connectivity index (χ0) is 13.7. The van der Waals surface area contributed by atoms with E-state index in [2.05, 4.69) is 5.32 Å². The van der Waals surface area contributed by atoms with E-state index in [1.807, 2.05) is 18.2 Å². The molecule has 1 aromatic carbocycles. The molecule has 0 bridgehead atoms.